The van der Waals surface area contributed by atoms with Crippen LogP contribution in [0, 0.1) is 11.8 Å². The summed E-state index contributed by atoms with van der Waals surface area (Å²) in [5.41, 5.74) is 6.93. The number of amides is 1. The van der Waals surface area contributed by atoms with Crippen LogP contribution in [0.2, 0.25) is 0 Å². The molecule has 1 aromatic carbocycles. The van der Waals surface area contributed by atoms with E-state index in [9.17, 15) is 4.79 Å². The van der Waals surface area contributed by atoms with Crippen molar-refractivity contribution in [1.82, 2.24) is 5.32 Å². The molecule has 1 saturated carbocycles. The maximum absolute atomic E-state index is 12.7. The molecular weight excluding hydrogens is 260 g/mol. The standard InChI is InChI=1S/C18H28N2O/c1-12-9-13(2)11-16(10-12)20-17(21)18(3,4)14-5-7-15(19)8-6-14/h5-8,12-13,16H,9-11,19H2,1-4H3,(H,20,21). The molecule has 0 bridgehead atoms. The molecule has 116 valence electrons. The number of hydrogen-bond donors (Lipinski definition) is 2. The van der Waals surface area contributed by atoms with Crippen molar-refractivity contribution in [3.63, 3.8) is 0 Å². The molecule has 3 nitrogen and oxygen atoms in total. The van der Waals surface area contributed by atoms with E-state index < -0.39 is 5.41 Å². The molecule has 2 rings (SSSR count). The van der Waals surface area contributed by atoms with Gasteiger partial charge in [-0.2, -0.15) is 0 Å². The van der Waals surface area contributed by atoms with Gasteiger partial charge in [-0.15, -0.1) is 0 Å². The van der Waals surface area contributed by atoms with Crippen molar-refractivity contribution in [2.24, 2.45) is 11.8 Å². The molecule has 3 heteroatoms. The fourth-order valence-electron chi connectivity index (χ4n) is 3.46. The van der Waals surface area contributed by atoms with Crippen molar-refractivity contribution in [1.29, 1.82) is 0 Å². The normalized spacial score (nSPS) is 26.4. The first-order valence-corrected chi connectivity index (χ1v) is 7.96. The van der Waals surface area contributed by atoms with Gasteiger partial charge in [-0.1, -0.05) is 26.0 Å². The smallest absolute Gasteiger partial charge is 0.230 e. The molecule has 1 fully saturated rings. The highest BCUT2D eigenvalue weighted by Gasteiger charge is 2.33. The third kappa shape index (κ3) is 3.78. The number of carbonyl (C=O) groups excluding carboxylic acids is 1. The fourth-order valence-corrected chi connectivity index (χ4v) is 3.46. The van der Waals surface area contributed by atoms with Gasteiger partial charge >= 0.3 is 0 Å². The third-order valence-electron chi connectivity index (χ3n) is 4.71. The summed E-state index contributed by atoms with van der Waals surface area (Å²) < 4.78 is 0. The molecule has 1 aliphatic rings. The van der Waals surface area contributed by atoms with Gasteiger partial charge in [-0.3, -0.25) is 4.79 Å². The molecule has 0 radical (unpaired) electrons. The first kappa shape index (κ1) is 15.9. The lowest BCUT2D eigenvalue weighted by molar-refractivity contribution is -0.126. The first-order chi connectivity index (χ1) is 9.79. The molecule has 0 saturated heterocycles. The minimum Gasteiger partial charge on any atom is -0.399 e. The zero-order valence-electron chi connectivity index (χ0n) is 13.6. The second-order valence-electron chi connectivity index (χ2n) is 7.33. The average Bonchev–Trinajstić information content (AvgIpc) is 2.37. The summed E-state index contributed by atoms with van der Waals surface area (Å²) in [6.45, 7) is 8.51. The molecule has 1 aliphatic carbocycles. The second kappa shape index (κ2) is 6.08. The van der Waals surface area contributed by atoms with Crippen LogP contribution in [0.3, 0.4) is 0 Å². The van der Waals surface area contributed by atoms with Gasteiger partial charge in [0.25, 0.3) is 0 Å². The lowest BCUT2D eigenvalue weighted by Crippen LogP contribution is -2.47. The summed E-state index contributed by atoms with van der Waals surface area (Å²) in [7, 11) is 0. The van der Waals surface area contributed by atoms with E-state index in [-0.39, 0.29) is 5.91 Å². The van der Waals surface area contributed by atoms with Crippen molar-refractivity contribution in [3.05, 3.63) is 29.8 Å². The van der Waals surface area contributed by atoms with Crippen LogP contribution >= 0.6 is 0 Å². The zero-order chi connectivity index (χ0) is 15.6. The molecule has 0 heterocycles. The molecule has 3 N–H and O–H groups in total. The Morgan fingerprint density at radius 1 is 1.10 bits per heavy atom. The summed E-state index contributed by atoms with van der Waals surface area (Å²) in [4.78, 5) is 12.7. The molecular formula is C18H28N2O. The number of nitrogens with one attached hydrogen (secondary N) is 1. The molecule has 1 amide bonds. The number of benzene rings is 1. The van der Waals surface area contributed by atoms with Crippen LogP contribution in [-0.2, 0) is 10.2 Å². The van der Waals surface area contributed by atoms with Crippen LogP contribution in [0.4, 0.5) is 5.69 Å². The van der Waals surface area contributed by atoms with Gasteiger partial charge in [0, 0.05) is 11.7 Å². The predicted molar refractivity (Wildman–Crippen MR) is 88.0 cm³/mol. The van der Waals surface area contributed by atoms with Gasteiger partial charge in [0.05, 0.1) is 5.41 Å². The van der Waals surface area contributed by atoms with Crippen molar-refractivity contribution in [3.8, 4) is 0 Å². The summed E-state index contributed by atoms with van der Waals surface area (Å²) in [6, 6.07) is 7.91. The average molecular weight is 288 g/mol. The Kier molecular flexibility index (Phi) is 4.60. The van der Waals surface area contributed by atoms with E-state index in [0.717, 1.165) is 24.1 Å². The lowest BCUT2D eigenvalue weighted by atomic mass is 9.79. The quantitative estimate of drug-likeness (QED) is 0.837. The van der Waals surface area contributed by atoms with E-state index >= 15 is 0 Å². The van der Waals surface area contributed by atoms with Crippen LogP contribution in [0.15, 0.2) is 24.3 Å². The maximum atomic E-state index is 12.7. The zero-order valence-corrected chi connectivity index (χ0v) is 13.6. The predicted octanol–water partition coefficient (Wildman–Crippen LogP) is 3.49. The van der Waals surface area contributed by atoms with Crippen LogP contribution in [0.5, 0.6) is 0 Å². The van der Waals surface area contributed by atoms with Crippen LogP contribution in [0.1, 0.15) is 52.5 Å². The first-order valence-electron chi connectivity index (χ1n) is 7.96. The minimum atomic E-state index is -0.530. The van der Waals surface area contributed by atoms with E-state index in [2.05, 4.69) is 19.2 Å². The molecule has 0 spiro atoms. The van der Waals surface area contributed by atoms with Gasteiger partial charge < -0.3 is 11.1 Å². The van der Waals surface area contributed by atoms with Crippen molar-refractivity contribution < 1.29 is 4.79 Å². The summed E-state index contributed by atoms with van der Waals surface area (Å²) >= 11 is 0. The van der Waals surface area contributed by atoms with Gasteiger partial charge in [-0.25, -0.2) is 0 Å². The van der Waals surface area contributed by atoms with E-state index in [1.54, 1.807) is 0 Å². The Morgan fingerprint density at radius 3 is 2.14 bits per heavy atom. The largest absolute Gasteiger partial charge is 0.399 e. The maximum Gasteiger partial charge on any atom is 0.230 e. The highest BCUT2D eigenvalue weighted by atomic mass is 16.2. The summed E-state index contributed by atoms with van der Waals surface area (Å²) in [5.74, 6) is 1.50. The van der Waals surface area contributed by atoms with Crippen molar-refractivity contribution in [2.75, 3.05) is 5.73 Å². The van der Waals surface area contributed by atoms with E-state index in [4.69, 9.17) is 5.73 Å². The topological polar surface area (TPSA) is 55.1 Å². The second-order valence-corrected chi connectivity index (χ2v) is 7.33. The highest BCUT2D eigenvalue weighted by molar-refractivity contribution is 5.87. The molecule has 0 aliphatic heterocycles. The molecule has 2 atom stereocenters. The van der Waals surface area contributed by atoms with Crippen molar-refractivity contribution in [2.45, 2.75) is 58.4 Å². The Hall–Kier alpha value is -1.51. The third-order valence-corrected chi connectivity index (χ3v) is 4.71. The van der Waals surface area contributed by atoms with Gasteiger partial charge in [0.2, 0.25) is 5.91 Å². The summed E-state index contributed by atoms with van der Waals surface area (Å²) in [6.07, 6.45) is 3.45. The van der Waals surface area contributed by atoms with E-state index in [1.807, 2.05) is 38.1 Å². The molecule has 0 aromatic heterocycles. The van der Waals surface area contributed by atoms with Crippen LogP contribution in [0.25, 0.3) is 0 Å². The van der Waals surface area contributed by atoms with E-state index in [0.29, 0.717) is 17.9 Å². The summed E-state index contributed by atoms with van der Waals surface area (Å²) in [5, 5.41) is 3.26. The lowest BCUT2D eigenvalue weighted by Gasteiger charge is -2.34. The number of hydrogen-bond acceptors (Lipinski definition) is 2. The Balaban J connectivity index is 2.06. The fraction of sp³-hybridized carbons (Fsp3) is 0.611. The molecule has 2 unspecified atom stereocenters. The Bertz CT molecular complexity index is 482. The molecule has 1 aromatic rings. The van der Waals surface area contributed by atoms with E-state index in [1.165, 1.54) is 6.42 Å². The van der Waals surface area contributed by atoms with Gasteiger partial charge in [0.15, 0.2) is 0 Å². The number of nitrogen functional groups attached to an aromatic ring is 1. The van der Waals surface area contributed by atoms with Crippen LogP contribution in [-0.4, -0.2) is 11.9 Å². The van der Waals surface area contributed by atoms with Crippen molar-refractivity contribution >= 4 is 11.6 Å². The molecule has 21 heavy (non-hydrogen) atoms. The van der Waals surface area contributed by atoms with Gasteiger partial charge in [0.1, 0.15) is 0 Å². The van der Waals surface area contributed by atoms with Crippen LogP contribution < -0.4 is 11.1 Å². The highest BCUT2D eigenvalue weighted by Crippen LogP contribution is 2.30. The SMILES string of the molecule is CC1CC(C)CC(NC(=O)C(C)(C)c2ccc(N)cc2)C1. The minimum absolute atomic E-state index is 0.110. The number of carbonyl (C=O) groups is 1. The Labute approximate surface area is 128 Å². The Morgan fingerprint density at radius 2 is 1.62 bits per heavy atom. The number of nitrogens with two attached hydrogens (primary N) is 1. The van der Waals surface area contributed by atoms with Gasteiger partial charge in [-0.05, 0) is 62.6 Å². The monoisotopic (exact) mass is 288 g/mol. The number of rotatable bonds is 3. The number of anilines is 1.